The van der Waals surface area contributed by atoms with Crippen LogP contribution in [0.5, 0.6) is 5.75 Å². The third kappa shape index (κ3) is 5.55. The number of halogens is 2. The highest BCUT2D eigenvalue weighted by atomic mass is 35.5. The fourth-order valence-corrected chi connectivity index (χ4v) is 3.17. The Morgan fingerprint density at radius 1 is 1.35 bits per heavy atom. The zero-order valence-electron chi connectivity index (χ0n) is 13.5. The van der Waals surface area contributed by atoms with E-state index < -0.39 is 0 Å². The van der Waals surface area contributed by atoms with E-state index in [0.717, 1.165) is 38.4 Å². The molecule has 0 saturated carbocycles. The fraction of sp³-hybridized carbons (Fsp3) is 0.588. The summed E-state index contributed by atoms with van der Waals surface area (Å²) in [5.41, 5.74) is 0. The lowest BCUT2D eigenvalue weighted by molar-refractivity contribution is -0.133. The Bertz CT molecular complexity index is 517. The first kappa shape index (κ1) is 18.4. The number of ether oxygens (including phenoxy) is 1. The molecule has 1 fully saturated rings. The van der Waals surface area contributed by atoms with E-state index in [4.69, 9.17) is 27.9 Å². The van der Waals surface area contributed by atoms with E-state index in [2.05, 4.69) is 5.32 Å². The van der Waals surface area contributed by atoms with Crippen molar-refractivity contribution in [1.29, 1.82) is 0 Å². The summed E-state index contributed by atoms with van der Waals surface area (Å²) in [4.78, 5) is 14.2. The summed E-state index contributed by atoms with van der Waals surface area (Å²) in [6, 6.07) is 5.24. The predicted octanol–water partition coefficient (Wildman–Crippen LogP) is 3.61. The van der Waals surface area contributed by atoms with Crippen LogP contribution in [0.25, 0.3) is 0 Å². The highest BCUT2D eigenvalue weighted by molar-refractivity contribution is 6.42. The van der Waals surface area contributed by atoms with Crippen LogP contribution >= 0.6 is 23.2 Å². The molecule has 0 aliphatic carbocycles. The van der Waals surface area contributed by atoms with Gasteiger partial charge in [0.25, 0.3) is 0 Å². The second-order valence-corrected chi connectivity index (χ2v) is 6.65. The van der Waals surface area contributed by atoms with E-state index in [1.807, 2.05) is 11.9 Å². The molecule has 1 saturated heterocycles. The number of piperidine rings is 1. The number of nitrogens with zero attached hydrogens (tertiary/aromatic N) is 1. The molecule has 0 unspecified atom stereocenters. The summed E-state index contributed by atoms with van der Waals surface area (Å²) < 4.78 is 5.58. The average Bonchev–Trinajstić information content (AvgIpc) is 2.57. The summed E-state index contributed by atoms with van der Waals surface area (Å²) in [6.45, 7) is 3.07. The molecule has 0 aromatic heterocycles. The van der Waals surface area contributed by atoms with Crippen molar-refractivity contribution in [3.63, 3.8) is 0 Å². The van der Waals surface area contributed by atoms with Crippen molar-refractivity contribution in [1.82, 2.24) is 10.2 Å². The first-order valence-corrected chi connectivity index (χ1v) is 8.86. The number of likely N-dealkylation sites (tertiary alicyclic amines) is 1. The van der Waals surface area contributed by atoms with Gasteiger partial charge in [0.1, 0.15) is 10.8 Å². The number of hydrogen-bond donors (Lipinski definition) is 1. The monoisotopic (exact) mass is 358 g/mol. The lowest BCUT2D eigenvalue weighted by Gasteiger charge is -2.32. The van der Waals surface area contributed by atoms with E-state index in [1.54, 1.807) is 18.2 Å². The molecule has 2 rings (SSSR count). The largest absolute Gasteiger partial charge is 0.491 e. The van der Waals surface area contributed by atoms with Crippen molar-refractivity contribution in [3.05, 3.63) is 28.2 Å². The van der Waals surface area contributed by atoms with Crippen molar-refractivity contribution in [2.24, 2.45) is 5.92 Å². The third-order valence-electron chi connectivity index (χ3n) is 4.26. The number of amides is 1. The smallest absolute Gasteiger partial charge is 0.225 e. The van der Waals surface area contributed by atoms with Gasteiger partial charge in [-0.3, -0.25) is 4.79 Å². The Morgan fingerprint density at radius 3 is 2.78 bits per heavy atom. The Balaban J connectivity index is 1.70. The van der Waals surface area contributed by atoms with Crippen LogP contribution in [-0.4, -0.2) is 44.1 Å². The standard InChI is InChI=1S/C17H24Cl2N2O2/c1-20-9-5-13-6-10-21(11-7-13)16(22)8-12-23-15-4-2-3-14(18)17(15)19/h2-4,13,20H,5-12H2,1H3. The molecule has 1 N–H and O–H groups in total. The summed E-state index contributed by atoms with van der Waals surface area (Å²) in [5.74, 6) is 1.40. The second kappa shape index (κ2) is 9.36. The molecule has 1 aliphatic rings. The Labute approximate surface area is 148 Å². The number of carbonyl (C=O) groups excluding carboxylic acids is 1. The molecule has 1 aromatic carbocycles. The lowest BCUT2D eigenvalue weighted by Crippen LogP contribution is -2.39. The molecular formula is C17H24Cl2N2O2. The quantitative estimate of drug-likeness (QED) is 0.809. The summed E-state index contributed by atoms with van der Waals surface area (Å²) in [7, 11) is 1.98. The van der Waals surface area contributed by atoms with Crippen LogP contribution in [0.1, 0.15) is 25.7 Å². The van der Waals surface area contributed by atoms with Crippen LogP contribution in [0.4, 0.5) is 0 Å². The highest BCUT2D eigenvalue weighted by Gasteiger charge is 2.22. The minimum Gasteiger partial charge on any atom is -0.491 e. The third-order valence-corrected chi connectivity index (χ3v) is 5.06. The molecule has 0 radical (unpaired) electrons. The minimum atomic E-state index is 0.148. The number of rotatable bonds is 7. The maximum atomic E-state index is 12.2. The van der Waals surface area contributed by atoms with E-state index in [9.17, 15) is 4.79 Å². The SMILES string of the molecule is CNCCC1CCN(C(=O)CCOc2cccc(Cl)c2Cl)CC1. The van der Waals surface area contributed by atoms with Gasteiger partial charge in [0.15, 0.2) is 0 Å². The minimum absolute atomic E-state index is 0.148. The first-order chi connectivity index (χ1) is 11.1. The topological polar surface area (TPSA) is 41.6 Å². The molecule has 0 bridgehead atoms. The van der Waals surface area contributed by atoms with Crippen molar-refractivity contribution in [2.45, 2.75) is 25.7 Å². The van der Waals surface area contributed by atoms with E-state index in [1.165, 1.54) is 6.42 Å². The molecule has 128 valence electrons. The molecule has 1 amide bonds. The van der Waals surface area contributed by atoms with Gasteiger partial charge >= 0.3 is 0 Å². The van der Waals surface area contributed by atoms with Crippen molar-refractivity contribution in [2.75, 3.05) is 33.3 Å². The molecule has 4 nitrogen and oxygen atoms in total. The normalized spacial score (nSPS) is 15.7. The molecule has 0 spiro atoms. The predicted molar refractivity (Wildman–Crippen MR) is 94.4 cm³/mol. The zero-order chi connectivity index (χ0) is 16.7. The van der Waals surface area contributed by atoms with Gasteiger partial charge in [-0.05, 0) is 50.9 Å². The number of hydrogen-bond acceptors (Lipinski definition) is 3. The Morgan fingerprint density at radius 2 is 2.09 bits per heavy atom. The van der Waals surface area contributed by atoms with Crippen LogP contribution in [0, 0.1) is 5.92 Å². The number of benzene rings is 1. The van der Waals surface area contributed by atoms with Gasteiger partial charge in [-0.1, -0.05) is 29.3 Å². The van der Waals surface area contributed by atoms with Crippen LogP contribution in [0.15, 0.2) is 18.2 Å². The van der Waals surface area contributed by atoms with Gasteiger partial charge in [0.2, 0.25) is 5.91 Å². The van der Waals surface area contributed by atoms with Gasteiger partial charge in [-0.25, -0.2) is 0 Å². The fourth-order valence-electron chi connectivity index (χ4n) is 2.82. The van der Waals surface area contributed by atoms with Crippen LogP contribution in [0.3, 0.4) is 0 Å². The zero-order valence-corrected chi connectivity index (χ0v) is 15.0. The molecule has 1 heterocycles. The number of carbonyl (C=O) groups is 1. The van der Waals surface area contributed by atoms with E-state index >= 15 is 0 Å². The van der Waals surface area contributed by atoms with E-state index in [-0.39, 0.29) is 5.91 Å². The maximum Gasteiger partial charge on any atom is 0.225 e. The van der Waals surface area contributed by atoms with Gasteiger partial charge in [-0.2, -0.15) is 0 Å². The Hall–Kier alpha value is -0.970. The van der Waals surface area contributed by atoms with Crippen molar-refractivity contribution in [3.8, 4) is 5.75 Å². The Kier molecular flexibility index (Phi) is 7.47. The van der Waals surface area contributed by atoms with Gasteiger partial charge in [0, 0.05) is 13.1 Å². The molecular weight excluding hydrogens is 335 g/mol. The first-order valence-electron chi connectivity index (χ1n) is 8.11. The van der Waals surface area contributed by atoms with Gasteiger partial charge in [-0.15, -0.1) is 0 Å². The highest BCUT2D eigenvalue weighted by Crippen LogP contribution is 2.31. The molecule has 0 atom stereocenters. The van der Waals surface area contributed by atoms with Crippen molar-refractivity contribution >= 4 is 29.1 Å². The molecule has 23 heavy (non-hydrogen) atoms. The van der Waals surface area contributed by atoms with Crippen molar-refractivity contribution < 1.29 is 9.53 Å². The summed E-state index contributed by atoms with van der Waals surface area (Å²) in [5, 5.41) is 4.04. The molecule has 1 aromatic rings. The molecule has 1 aliphatic heterocycles. The molecule has 6 heteroatoms. The second-order valence-electron chi connectivity index (χ2n) is 5.87. The van der Waals surface area contributed by atoms with Gasteiger partial charge in [0.05, 0.1) is 18.1 Å². The van der Waals surface area contributed by atoms with Crippen LogP contribution in [0.2, 0.25) is 10.0 Å². The average molecular weight is 359 g/mol. The van der Waals surface area contributed by atoms with Crippen LogP contribution < -0.4 is 10.1 Å². The lowest BCUT2D eigenvalue weighted by atomic mass is 9.93. The summed E-state index contributed by atoms with van der Waals surface area (Å²) in [6.07, 6.45) is 3.74. The number of nitrogens with one attached hydrogen (secondary N) is 1. The maximum absolute atomic E-state index is 12.2. The van der Waals surface area contributed by atoms with E-state index in [0.29, 0.717) is 28.8 Å². The van der Waals surface area contributed by atoms with Crippen LogP contribution in [-0.2, 0) is 4.79 Å². The summed E-state index contributed by atoms with van der Waals surface area (Å²) >= 11 is 12.0. The van der Waals surface area contributed by atoms with Gasteiger partial charge < -0.3 is 15.0 Å².